The van der Waals surface area contributed by atoms with E-state index in [0.29, 0.717) is 26.2 Å². The molecule has 0 saturated carbocycles. The first kappa shape index (κ1) is 22.7. The van der Waals surface area contributed by atoms with Crippen molar-refractivity contribution in [2.75, 3.05) is 35.2 Å². The minimum absolute atomic E-state index is 0.0178. The van der Waals surface area contributed by atoms with Crippen LogP contribution in [0.15, 0.2) is 33.9 Å². The number of carbonyl (C=O) groups excluding carboxylic acids is 1. The van der Waals surface area contributed by atoms with Crippen LogP contribution >= 0.6 is 0 Å². The fourth-order valence-electron chi connectivity index (χ4n) is 4.13. The van der Waals surface area contributed by atoms with Crippen molar-refractivity contribution in [3.63, 3.8) is 0 Å². The van der Waals surface area contributed by atoms with Crippen LogP contribution in [0.1, 0.15) is 39.7 Å². The molecule has 0 radical (unpaired) electrons. The van der Waals surface area contributed by atoms with Crippen molar-refractivity contribution in [2.45, 2.75) is 47.1 Å². The number of aromatic nitrogens is 2. The number of benzene rings is 1. The van der Waals surface area contributed by atoms with Crippen LogP contribution in [0, 0.1) is 11.8 Å². The summed E-state index contributed by atoms with van der Waals surface area (Å²) in [6, 6.07) is 7.94. The second-order valence-corrected chi connectivity index (χ2v) is 9.01. The zero-order valence-corrected chi connectivity index (χ0v) is 18.9. The molecule has 2 aromatic rings. The zero-order valence-electron chi connectivity index (χ0n) is 18.9. The molecule has 1 aliphatic heterocycles. The number of nitrogens with two attached hydrogens (primary N) is 1. The van der Waals surface area contributed by atoms with Gasteiger partial charge in [-0.2, -0.15) is 0 Å². The van der Waals surface area contributed by atoms with Crippen LogP contribution in [0.2, 0.25) is 0 Å². The first-order valence-electron chi connectivity index (χ1n) is 10.9. The third-order valence-electron chi connectivity index (χ3n) is 5.45. The Morgan fingerprint density at radius 3 is 2.55 bits per heavy atom. The van der Waals surface area contributed by atoms with Crippen LogP contribution < -0.4 is 26.8 Å². The number of carbonyl (C=O) groups is 1. The van der Waals surface area contributed by atoms with Gasteiger partial charge in [0.05, 0.1) is 0 Å². The molecule has 0 saturated heterocycles. The minimum atomic E-state index is -0.512. The highest BCUT2D eigenvalue weighted by atomic mass is 16.2. The highest BCUT2D eigenvalue weighted by molar-refractivity contribution is 5.95. The number of hydrogen-bond donors (Lipinski definition) is 2. The number of hydrogen-bond acceptors (Lipinski definition) is 5. The average Bonchev–Trinajstić information content (AvgIpc) is 3.12. The van der Waals surface area contributed by atoms with Gasteiger partial charge in [0, 0.05) is 38.3 Å². The van der Waals surface area contributed by atoms with Gasteiger partial charge >= 0.3 is 5.69 Å². The van der Waals surface area contributed by atoms with Gasteiger partial charge in [-0.25, -0.2) is 4.79 Å². The number of rotatable bonds is 8. The fourth-order valence-corrected chi connectivity index (χ4v) is 4.13. The maximum absolute atomic E-state index is 13.0. The van der Waals surface area contributed by atoms with Crippen LogP contribution in [0.25, 0.3) is 0 Å². The lowest BCUT2D eigenvalue weighted by Crippen LogP contribution is -2.42. The lowest BCUT2D eigenvalue weighted by molar-refractivity contribution is -0.118. The second-order valence-electron chi connectivity index (χ2n) is 9.01. The molecule has 168 valence electrons. The Bertz CT molecular complexity index is 1050. The van der Waals surface area contributed by atoms with E-state index in [1.165, 1.54) is 10.1 Å². The van der Waals surface area contributed by atoms with Crippen molar-refractivity contribution >= 4 is 23.1 Å². The molecule has 0 spiro atoms. The van der Waals surface area contributed by atoms with Crippen LogP contribution in [0.4, 0.5) is 17.2 Å². The molecule has 0 unspecified atom stereocenters. The van der Waals surface area contributed by atoms with E-state index in [9.17, 15) is 14.4 Å². The first-order valence-corrected chi connectivity index (χ1v) is 10.9. The molecule has 2 heterocycles. The van der Waals surface area contributed by atoms with E-state index in [4.69, 9.17) is 5.73 Å². The van der Waals surface area contributed by atoms with Crippen LogP contribution in [0.5, 0.6) is 0 Å². The Hall–Kier alpha value is -3.03. The summed E-state index contributed by atoms with van der Waals surface area (Å²) in [5, 5.41) is 0. The van der Waals surface area contributed by atoms with E-state index in [1.54, 1.807) is 0 Å². The van der Waals surface area contributed by atoms with Crippen LogP contribution in [-0.2, 0) is 17.8 Å². The monoisotopic (exact) mass is 427 g/mol. The van der Waals surface area contributed by atoms with Crippen LogP contribution in [0.3, 0.4) is 0 Å². The predicted molar refractivity (Wildman–Crippen MR) is 125 cm³/mol. The lowest BCUT2D eigenvalue weighted by atomic mass is 10.1. The number of para-hydroxylation sites is 1. The first-order chi connectivity index (χ1) is 14.7. The van der Waals surface area contributed by atoms with Gasteiger partial charge in [-0.3, -0.25) is 19.1 Å². The Morgan fingerprint density at radius 2 is 1.87 bits per heavy atom. The maximum atomic E-state index is 13.0. The minimum Gasteiger partial charge on any atom is -0.383 e. The van der Waals surface area contributed by atoms with Crippen molar-refractivity contribution in [3.05, 3.63) is 50.7 Å². The average molecular weight is 428 g/mol. The normalized spacial score (nSPS) is 13.2. The topological polar surface area (TPSA) is 104 Å². The number of nitrogens with one attached hydrogen (secondary N) is 1. The molecule has 1 amide bonds. The SMILES string of the molecule is CC(C)CN(CCC(=O)N1CCc2ccccc21)c1c(N)n(CC(C)C)c(=O)[nH]c1=O. The quantitative estimate of drug-likeness (QED) is 0.672. The van der Waals surface area contributed by atoms with E-state index in [2.05, 4.69) is 4.98 Å². The summed E-state index contributed by atoms with van der Waals surface area (Å²) in [5.41, 5.74) is 7.70. The Kier molecular flexibility index (Phi) is 6.87. The molecule has 31 heavy (non-hydrogen) atoms. The summed E-state index contributed by atoms with van der Waals surface area (Å²) < 4.78 is 1.41. The lowest BCUT2D eigenvalue weighted by Gasteiger charge is -2.28. The number of anilines is 3. The van der Waals surface area contributed by atoms with Crippen molar-refractivity contribution in [2.24, 2.45) is 11.8 Å². The molecule has 0 fully saturated rings. The van der Waals surface area contributed by atoms with Crippen molar-refractivity contribution in [3.8, 4) is 0 Å². The van der Waals surface area contributed by atoms with Gasteiger partial charge in [0.1, 0.15) is 11.5 Å². The standard InChI is InChI=1S/C23H33N5O3/c1-15(2)13-26(20-21(24)28(14-16(3)4)23(31)25-22(20)30)11-10-19(29)27-12-9-17-7-5-6-8-18(17)27/h5-8,15-16H,9-14,24H2,1-4H3,(H,25,30,31). The van der Waals surface area contributed by atoms with E-state index in [-0.39, 0.29) is 35.7 Å². The summed E-state index contributed by atoms with van der Waals surface area (Å²) in [4.78, 5) is 44.0. The highest BCUT2D eigenvalue weighted by Crippen LogP contribution is 2.28. The van der Waals surface area contributed by atoms with Gasteiger partial charge in [-0.15, -0.1) is 0 Å². The largest absolute Gasteiger partial charge is 0.383 e. The van der Waals surface area contributed by atoms with Crippen molar-refractivity contribution in [1.82, 2.24) is 9.55 Å². The summed E-state index contributed by atoms with van der Waals surface area (Å²) in [7, 11) is 0. The van der Waals surface area contributed by atoms with E-state index in [0.717, 1.165) is 12.1 Å². The number of nitrogen functional groups attached to an aromatic ring is 1. The van der Waals surface area contributed by atoms with E-state index < -0.39 is 11.2 Å². The van der Waals surface area contributed by atoms with Crippen molar-refractivity contribution < 1.29 is 4.79 Å². The maximum Gasteiger partial charge on any atom is 0.330 e. The number of H-pyrrole nitrogens is 1. The molecule has 0 atom stereocenters. The smallest absolute Gasteiger partial charge is 0.330 e. The number of amides is 1. The molecule has 1 aromatic carbocycles. The zero-order chi connectivity index (χ0) is 22.7. The highest BCUT2D eigenvalue weighted by Gasteiger charge is 2.26. The van der Waals surface area contributed by atoms with Gasteiger partial charge < -0.3 is 15.5 Å². The Morgan fingerprint density at radius 1 is 1.16 bits per heavy atom. The summed E-state index contributed by atoms with van der Waals surface area (Å²) in [6.07, 6.45) is 1.10. The molecule has 3 N–H and O–H groups in total. The Labute approximate surface area is 182 Å². The molecule has 1 aromatic heterocycles. The molecular weight excluding hydrogens is 394 g/mol. The number of aromatic amines is 1. The van der Waals surface area contributed by atoms with Gasteiger partial charge in [-0.05, 0) is 29.9 Å². The van der Waals surface area contributed by atoms with Crippen LogP contribution in [-0.4, -0.2) is 35.1 Å². The molecule has 3 rings (SSSR count). The summed E-state index contributed by atoms with van der Waals surface area (Å²) in [6.45, 7) is 10.0. The molecule has 8 nitrogen and oxygen atoms in total. The molecular formula is C23H33N5O3. The third kappa shape index (κ3) is 5.00. The third-order valence-corrected chi connectivity index (χ3v) is 5.45. The number of nitrogens with zero attached hydrogens (tertiary/aromatic N) is 3. The molecule has 1 aliphatic rings. The van der Waals surface area contributed by atoms with Gasteiger partial charge in [0.2, 0.25) is 5.91 Å². The fraction of sp³-hybridized carbons (Fsp3) is 0.522. The molecule has 0 aliphatic carbocycles. The van der Waals surface area contributed by atoms with Crippen molar-refractivity contribution in [1.29, 1.82) is 0 Å². The van der Waals surface area contributed by atoms with E-state index >= 15 is 0 Å². The van der Waals surface area contributed by atoms with Gasteiger partial charge in [-0.1, -0.05) is 45.9 Å². The van der Waals surface area contributed by atoms with Gasteiger partial charge in [0.15, 0.2) is 0 Å². The Balaban J connectivity index is 1.86. The molecule has 0 bridgehead atoms. The molecule has 8 heteroatoms. The second kappa shape index (κ2) is 9.41. The van der Waals surface area contributed by atoms with E-state index in [1.807, 2.05) is 61.8 Å². The summed E-state index contributed by atoms with van der Waals surface area (Å²) in [5.74, 6) is 0.604. The summed E-state index contributed by atoms with van der Waals surface area (Å²) >= 11 is 0. The predicted octanol–water partition coefficient (Wildman–Crippen LogP) is 2.22. The number of fused-ring (bicyclic) bond motifs is 1. The van der Waals surface area contributed by atoms with Gasteiger partial charge in [0.25, 0.3) is 5.56 Å².